The van der Waals surface area contributed by atoms with E-state index in [1.165, 1.54) is 0 Å². The number of hydrogen-bond donors (Lipinski definition) is 6. The van der Waals surface area contributed by atoms with E-state index in [4.69, 9.17) is 0 Å². The van der Waals surface area contributed by atoms with Crippen LogP contribution in [-0.2, 0) is 9.59 Å². The van der Waals surface area contributed by atoms with Gasteiger partial charge in [0, 0.05) is 11.6 Å². The molecule has 0 radical (unpaired) electrons. The molecular weight excluding hydrogens is 280 g/mol. The summed E-state index contributed by atoms with van der Waals surface area (Å²) in [5, 5.41) is 43.4. The average molecular weight is 306 g/mol. The lowest BCUT2D eigenvalue weighted by molar-refractivity contribution is -0.156. The lowest BCUT2D eigenvalue weighted by Crippen LogP contribution is -2.56. The summed E-state index contributed by atoms with van der Waals surface area (Å²) in [6.45, 7) is 8.32. The smallest absolute Gasteiger partial charge is 0.252 e. The number of carbonyl (C=O) groups excluding carboxylic acids is 2. The summed E-state index contributed by atoms with van der Waals surface area (Å²) >= 11 is 0. The summed E-state index contributed by atoms with van der Waals surface area (Å²) < 4.78 is 0. The fourth-order valence-corrected chi connectivity index (χ4v) is 1.50. The summed E-state index contributed by atoms with van der Waals surface area (Å²) in [7, 11) is 0. The molecule has 0 aliphatic rings. The number of aliphatic hydroxyl groups excluding tert-OH is 4. The number of nitrogens with one attached hydrogen (secondary N) is 2. The van der Waals surface area contributed by atoms with Gasteiger partial charge in [0.05, 0.1) is 0 Å². The van der Waals surface area contributed by atoms with Crippen LogP contribution in [0.5, 0.6) is 0 Å². The van der Waals surface area contributed by atoms with Gasteiger partial charge < -0.3 is 31.1 Å². The Labute approximate surface area is 124 Å². The molecule has 0 fully saturated rings. The maximum atomic E-state index is 11.7. The van der Waals surface area contributed by atoms with Crippen LogP contribution in [-0.4, -0.2) is 68.2 Å². The Morgan fingerprint density at radius 3 is 1.57 bits per heavy atom. The van der Waals surface area contributed by atoms with E-state index < -0.39 is 41.8 Å². The van der Waals surface area contributed by atoms with Crippen molar-refractivity contribution in [2.45, 2.75) is 70.6 Å². The van der Waals surface area contributed by atoms with E-state index in [0.29, 0.717) is 0 Å². The summed E-state index contributed by atoms with van der Waals surface area (Å²) in [5.74, 6) is -1.81. The van der Waals surface area contributed by atoms with Gasteiger partial charge in [-0.25, -0.2) is 0 Å². The van der Waals surface area contributed by atoms with Crippen LogP contribution in [0.3, 0.4) is 0 Å². The molecule has 0 aliphatic heterocycles. The van der Waals surface area contributed by atoms with Gasteiger partial charge in [0.1, 0.15) is 12.2 Å². The zero-order chi connectivity index (χ0) is 17.0. The van der Waals surface area contributed by atoms with E-state index in [2.05, 4.69) is 10.6 Å². The van der Waals surface area contributed by atoms with Gasteiger partial charge in [0.25, 0.3) is 11.8 Å². The first-order valence-corrected chi connectivity index (χ1v) is 6.71. The first kappa shape index (κ1) is 19.8. The zero-order valence-corrected chi connectivity index (χ0v) is 13.0. The SMILES string of the molecule is CC(C)NC(=O)[C@@H](O)[C@H](O)[C@H](O)[C@@H](O)C(=O)NC(C)(C)C. The highest BCUT2D eigenvalue weighted by molar-refractivity contribution is 5.83. The van der Waals surface area contributed by atoms with E-state index >= 15 is 0 Å². The van der Waals surface area contributed by atoms with Gasteiger partial charge in [-0.05, 0) is 34.6 Å². The number of aliphatic hydroxyl groups is 4. The Morgan fingerprint density at radius 2 is 1.24 bits per heavy atom. The van der Waals surface area contributed by atoms with Crippen LogP contribution < -0.4 is 10.6 Å². The molecule has 0 aromatic rings. The third-order valence-corrected chi connectivity index (χ3v) is 2.46. The Balaban J connectivity index is 4.71. The average Bonchev–Trinajstić information content (AvgIpc) is 2.32. The van der Waals surface area contributed by atoms with Gasteiger partial charge in [-0.3, -0.25) is 9.59 Å². The molecule has 0 aromatic heterocycles. The van der Waals surface area contributed by atoms with Gasteiger partial charge in [0.15, 0.2) is 12.2 Å². The second-order valence-electron chi connectivity index (χ2n) is 6.27. The zero-order valence-electron chi connectivity index (χ0n) is 13.0. The standard InChI is InChI=1S/C13H26N2O6/c1-6(2)14-11(20)9(18)7(16)8(17)10(19)12(21)15-13(3,4)5/h6-10,16-19H,1-5H3,(H,14,20)(H,15,21)/t7-,8+,9+,10-/m1/s1. The molecule has 6 N–H and O–H groups in total. The van der Waals surface area contributed by atoms with E-state index in [9.17, 15) is 30.0 Å². The molecule has 21 heavy (non-hydrogen) atoms. The monoisotopic (exact) mass is 306 g/mol. The van der Waals surface area contributed by atoms with Crippen LogP contribution >= 0.6 is 0 Å². The van der Waals surface area contributed by atoms with Crippen molar-refractivity contribution in [1.82, 2.24) is 10.6 Å². The van der Waals surface area contributed by atoms with E-state index in [1.807, 2.05) is 0 Å². The minimum absolute atomic E-state index is 0.273. The highest BCUT2D eigenvalue weighted by atomic mass is 16.4. The third-order valence-electron chi connectivity index (χ3n) is 2.46. The minimum Gasteiger partial charge on any atom is -0.387 e. The highest BCUT2D eigenvalue weighted by Crippen LogP contribution is 2.08. The van der Waals surface area contributed by atoms with Crippen molar-refractivity contribution in [2.24, 2.45) is 0 Å². The fourth-order valence-electron chi connectivity index (χ4n) is 1.50. The number of amides is 2. The van der Waals surface area contributed by atoms with Crippen molar-refractivity contribution in [3.05, 3.63) is 0 Å². The Morgan fingerprint density at radius 1 is 0.857 bits per heavy atom. The Hall–Kier alpha value is -1.22. The Kier molecular flexibility index (Phi) is 7.25. The van der Waals surface area contributed by atoms with Crippen molar-refractivity contribution in [2.75, 3.05) is 0 Å². The summed E-state index contributed by atoms with van der Waals surface area (Å²) in [5.41, 5.74) is -0.642. The predicted octanol–water partition coefficient (Wildman–Crippen LogP) is -2.13. The first-order chi connectivity index (χ1) is 9.36. The molecule has 0 spiro atoms. The van der Waals surface area contributed by atoms with Crippen LogP contribution in [0.15, 0.2) is 0 Å². The first-order valence-electron chi connectivity index (χ1n) is 6.71. The molecule has 0 unspecified atom stereocenters. The second kappa shape index (κ2) is 7.69. The van der Waals surface area contributed by atoms with Crippen molar-refractivity contribution >= 4 is 11.8 Å². The molecule has 0 aliphatic carbocycles. The molecule has 2 amide bonds. The molecule has 0 aromatic carbocycles. The molecular formula is C13H26N2O6. The molecule has 8 heteroatoms. The second-order valence-corrected chi connectivity index (χ2v) is 6.27. The molecule has 0 saturated carbocycles. The maximum absolute atomic E-state index is 11.7. The third kappa shape index (κ3) is 6.85. The highest BCUT2D eigenvalue weighted by Gasteiger charge is 2.38. The maximum Gasteiger partial charge on any atom is 0.252 e. The Bertz CT molecular complexity index is 366. The van der Waals surface area contributed by atoms with Crippen LogP contribution in [0.1, 0.15) is 34.6 Å². The molecule has 0 saturated heterocycles. The van der Waals surface area contributed by atoms with E-state index in [-0.39, 0.29) is 6.04 Å². The van der Waals surface area contributed by atoms with Gasteiger partial charge in [-0.1, -0.05) is 0 Å². The molecule has 124 valence electrons. The fraction of sp³-hybridized carbons (Fsp3) is 0.846. The van der Waals surface area contributed by atoms with Gasteiger partial charge in [-0.15, -0.1) is 0 Å². The largest absolute Gasteiger partial charge is 0.387 e. The van der Waals surface area contributed by atoms with Crippen molar-refractivity contribution in [3.8, 4) is 0 Å². The summed E-state index contributed by atoms with van der Waals surface area (Å²) in [4.78, 5) is 23.2. The van der Waals surface area contributed by atoms with Crippen LogP contribution in [0, 0.1) is 0 Å². The topological polar surface area (TPSA) is 139 Å². The minimum atomic E-state index is -2.00. The predicted molar refractivity (Wildman–Crippen MR) is 75.2 cm³/mol. The number of carbonyl (C=O) groups is 2. The van der Waals surface area contributed by atoms with Crippen LogP contribution in [0.2, 0.25) is 0 Å². The van der Waals surface area contributed by atoms with E-state index in [1.54, 1.807) is 34.6 Å². The van der Waals surface area contributed by atoms with Crippen molar-refractivity contribution in [3.63, 3.8) is 0 Å². The summed E-state index contributed by atoms with van der Waals surface area (Å²) in [6.07, 6.45) is -7.93. The summed E-state index contributed by atoms with van der Waals surface area (Å²) in [6, 6.07) is -0.273. The van der Waals surface area contributed by atoms with Crippen LogP contribution in [0.25, 0.3) is 0 Å². The lowest BCUT2D eigenvalue weighted by atomic mass is 10.0. The van der Waals surface area contributed by atoms with Crippen molar-refractivity contribution < 1.29 is 30.0 Å². The van der Waals surface area contributed by atoms with Gasteiger partial charge in [-0.2, -0.15) is 0 Å². The molecule has 4 atom stereocenters. The number of hydrogen-bond acceptors (Lipinski definition) is 6. The van der Waals surface area contributed by atoms with E-state index in [0.717, 1.165) is 0 Å². The molecule has 0 rings (SSSR count). The molecule has 0 bridgehead atoms. The molecule has 0 heterocycles. The quantitative estimate of drug-likeness (QED) is 0.331. The van der Waals surface area contributed by atoms with Gasteiger partial charge in [0.2, 0.25) is 0 Å². The normalized spacial score (nSPS) is 17.8. The van der Waals surface area contributed by atoms with Crippen molar-refractivity contribution in [1.29, 1.82) is 0 Å². The lowest BCUT2D eigenvalue weighted by Gasteiger charge is -2.28. The van der Waals surface area contributed by atoms with Gasteiger partial charge >= 0.3 is 0 Å². The number of rotatable bonds is 6. The van der Waals surface area contributed by atoms with Crippen LogP contribution in [0.4, 0.5) is 0 Å². The molecule has 8 nitrogen and oxygen atoms in total.